The van der Waals surface area contributed by atoms with E-state index in [1.54, 1.807) is 0 Å². The van der Waals surface area contributed by atoms with Crippen LogP contribution in [-0.2, 0) is 4.74 Å². The fourth-order valence-corrected chi connectivity index (χ4v) is 1.35. The standard InChI is InChI=1S/C12H15F3N2O2/c13-9-6-8(7-10(14)11(9)15)12(18)17-3-1-4-19-5-2-16/h6-7H,1-5,16H2,(H,17,18). The second-order valence-electron chi connectivity index (χ2n) is 3.76. The molecule has 0 spiro atoms. The molecule has 0 aliphatic heterocycles. The predicted octanol–water partition coefficient (Wildman–Crippen LogP) is 1.20. The smallest absolute Gasteiger partial charge is 0.251 e. The van der Waals surface area contributed by atoms with E-state index in [-0.39, 0.29) is 12.1 Å². The molecule has 0 bridgehead atoms. The molecule has 1 aromatic carbocycles. The van der Waals surface area contributed by atoms with Crippen molar-refractivity contribution in [3.05, 3.63) is 35.1 Å². The third-order valence-corrected chi connectivity index (χ3v) is 2.26. The Morgan fingerprint density at radius 2 is 1.84 bits per heavy atom. The fourth-order valence-electron chi connectivity index (χ4n) is 1.35. The minimum absolute atomic E-state index is 0.265. The summed E-state index contributed by atoms with van der Waals surface area (Å²) in [4.78, 5) is 11.5. The first-order chi connectivity index (χ1) is 9.06. The van der Waals surface area contributed by atoms with E-state index in [0.717, 1.165) is 0 Å². The number of rotatable bonds is 7. The van der Waals surface area contributed by atoms with Crippen molar-refractivity contribution in [3.63, 3.8) is 0 Å². The van der Waals surface area contributed by atoms with Gasteiger partial charge < -0.3 is 15.8 Å². The van der Waals surface area contributed by atoms with E-state index in [9.17, 15) is 18.0 Å². The van der Waals surface area contributed by atoms with Gasteiger partial charge in [0.05, 0.1) is 6.61 Å². The lowest BCUT2D eigenvalue weighted by molar-refractivity contribution is 0.0942. The molecule has 0 saturated heterocycles. The van der Waals surface area contributed by atoms with Crippen LogP contribution in [0.2, 0.25) is 0 Å². The molecule has 19 heavy (non-hydrogen) atoms. The minimum Gasteiger partial charge on any atom is -0.380 e. The first-order valence-corrected chi connectivity index (χ1v) is 5.76. The normalized spacial score (nSPS) is 10.5. The third-order valence-electron chi connectivity index (χ3n) is 2.26. The Balaban J connectivity index is 2.42. The van der Waals surface area contributed by atoms with Crippen molar-refractivity contribution in [2.24, 2.45) is 5.73 Å². The molecule has 0 aliphatic carbocycles. The van der Waals surface area contributed by atoms with Gasteiger partial charge in [-0.3, -0.25) is 4.79 Å². The van der Waals surface area contributed by atoms with Crippen LogP contribution in [-0.4, -0.2) is 32.2 Å². The zero-order chi connectivity index (χ0) is 14.3. The SMILES string of the molecule is NCCOCCCNC(=O)c1cc(F)c(F)c(F)c1. The highest BCUT2D eigenvalue weighted by Gasteiger charge is 2.14. The van der Waals surface area contributed by atoms with Gasteiger partial charge in [0, 0.05) is 25.3 Å². The van der Waals surface area contributed by atoms with Gasteiger partial charge in [-0.05, 0) is 18.6 Å². The van der Waals surface area contributed by atoms with E-state index >= 15 is 0 Å². The van der Waals surface area contributed by atoms with Crippen LogP contribution in [0.3, 0.4) is 0 Å². The van der Waals surface area contributed by atoms with Crippen molar-refractivity contribution in [1.82, 2.24) is 5.32 Å². The maximum absolute atomic E-state index is 12.9. The van der Waals surface area contributed by atoms with Gasteiger partial charge in [0.1, 0.15) is 0 Å². The molecule has 0 unspecified atom stereocenters. The molecule has 0 radical (unpaired) electrons. The van der Waals surface area contributed by atoms with Crippen LogP contribution < -0.4 is 11.1 Å². The van der Waals surface area contributed by atoms with E-state index in [1.807, 2.05) is 0 Å². The Bertz CT molecular complexity index is 418. The molecule has 106 valence electrons. The van der Waals surface area contributed by atoms with Crippen LogP contribution in [0.25, 0.3) is 0 Å². The molecule has 3 N–H and O–H groups in total. The Morgan fingerprint density at radius 1 is 1.21 bits per heavy atom. The highest BCUT2D eigenvalue weighted by Crippen LogP contribution is 2.13. The van der Waals surface area contributed by atoms with E-state index < -0.39 is 23.4 Å². The molecular weight excluding hydrogens is 261 g/mol. The average Bonchev–Trinajstić information content (AvgIpc) is 2.39. The first-order valence-electron chi connectivity index (χ1n) is 5.76. The van der Waals surface area contributed by atoms with Crippen LogP contribution in [0.4, 0.5) is 13.2 Å². The molecule has 0 aliphatic rings. The second-order valence-corrected chi connectivity index (χ2v) is 3.76. The molecule has 0 heterocycles. The Morgan fingerprint density at radius 3 is 2.42 bits per heavy atom. The Kier molecular flexibility index (Phi) is 6.31. The number of halogens is 3. The van der Waals surface area contributed by atoms with Crippen LogP contribution >= 0.6 is 0 Å². The largest absolute Gasteiger partial charge is 0.380 e. The fraction of sp³-hybridized carbons (Fsp3) is 0.417. The molecule has 0 atom stereocenters. The quantitative estimate of drug-likeness (QED) is 0.581. The molecule has 1 rings (SSSR count). The lowest BCUT2D eigenvalue weighted by Gasteiger charge is -2.06. The Hall–Kier alpha value is -1.60. The summed E-state index contributed by atoms with van der Waals surface area (Å²) in [6.45, 7) is 1.55. The zero-order valence-electron chi connectivity index (χ0n) is 10.2. The van der Waals surface area contributed by atoms with Crippen LogP contribution in [0, 0.1) is 17.5 Å². The summed E-state index contributed by atoms with van der Waals surface area (Å²) < 4.78 is 43.6. The molecule has 1 amide bonds. The van der Waals surface area contributed by atoms with Crippen LogP contribution in [0.1, 0.15) is 16.8 Å². The topological polar surface area (TPSA) is 64.3 Å². The molecule has 4 nitrogen and oxygen atoms in total. The van der Waals surface area contributed by atoms with Gasteiger partial charge in [-0.15, -0.1) is 0 Å². The number of hydrogen-bond acceptors (Lipinski definition) is 3. The second kappa shape index (κ2) is 7.75. The molecule has 1 aromatic rings. The van der Waals surface area contributed by atoms with Gasteiger partial charge in [-0.1, -0.05) is 0 Å². The highest BCUT2D eigenvalue weighted by atomic mass is 19.2. The summed E-state index contributed by atoms with van der Waals surface area (Å²) in [6, 6.07) is 1.30. The van der Waals surface area contributed by atoms with Crippen LogP contribution in [0.5, 0.6) is 0 Å². The molecule has 7 heteroatoms. The lowest BCUT2D eigenvalue weighted by Crippen LogP contribution is -2.26. The molecule has 0 saturated carbocycles. The van der Waals surface area contributed by atoms with Crippen molar-refractivity contribution in [1.29, 1.82) is 0 Å². The molecule has 0 aromatic heterocycles. The number of hydrogen-bond donors (Lipinski definition) is 2. The van der Waals surface area contributed by atoms with Gasteiger partial charge in [-0.25, -0.2) is 13.2 Å². The van der Waals surface area contributed by atoms with Gasteiger partial charge in [0.15, 0.2) is 17.5 Å². The summed E-state index contributed by atoms with van der Waals surface area (Å²) in [5.41, 5.74) is 4.95. The summed E-state index contributed by atoms with van der Waals surface area (Å²) >= 11 is 0. The third kappa shape index (κ3) is 4.88. The minimum atomic E-state index is -1.59. The van der Waals surface area contributed by atoms with Crippen molar-refractivity contribution in [3.8, 4) is 0 Å². The summed E-state index contributed by atoms with van der Waals surface area (Å²) in [5.74, 6) is -5.05. The maximum atomic E-state index is 12.9. The summed E-state index contributed by atoms with van der Waals surface area (Å²) in [7, 11) is 0. The van der Waals surface area contributed by atoms with Gasteiger partial charge in [0.25, 0.3) is 5.91 Å². The molecular formula is C12H15F3N2O2. The van der Waals surface area contributed by atoms with Gasteiger partial charge in [0.2, 0.25) is 0 Å². The number of carbonyl (C=O) groups excluding carboxylic acids is 1. The summed E-state index contributed by atoms with van der Waals surface area (Å²) in [5, 5.41) is 2.44. The van der Waals surface area contributed by atoms with E-state index in [0.29, 0.717) is 38.3 Å². The highest BCUT2D eigenvalue weighted by molar-refractivity contribution is 5.94. The number of carbonyl (C=O) groups is 1. The zero-order valence-corrected chi connectivity index (χ0v) is 10.2. The van der Waals surface area contributed by atoms with Crippen molar-refractivity contribution in [2.75, 3.05) is 26.3 Å². The van der Waals surface area contributed by atoms with Crippen molar-refractivity contribution < 1.29 is 22.7 Å². The number of nitrogens with two attached hydrogens (primary N) is 1. The van der Waals surface area contributed by atoms with Crippen molar-refractivity contribution in [2.45, 2.75) is 6.42 Å². The van der Waals surface area contributed by atoms with E-state index in [1.165, 1.54) is 0 Å². The Labute approximate surface area is 108 Å². The number of nitrogens with one attached hydrogen (secondary N) is 1. The van der Waals surface area contributed by atoms with Gasteiger partial charge >= 0.3 is 0 Å². The number of amides is 1. The number of benzene rings is 1. The van der Waals surface area contributed by atoms with Crippen LogP contribution in [0.15, 0.2) is 12.1 Å². The number of ether oxygens (including phenoxy) is 1. The summed E-state index contributed by atoms with van der Waals surface area (Å²) in [6.07, 6.45) is 0.540. The average molecular weight is 276 g/mol. The monoisotopic (exact) mass is 276 g/mol. The maximum Gasteiger partial charge on any atom is 0.251 e. The van der Waals surface area contributed by atoms with E-state index in [4.69, 9.17) is 10.5 Å². The predicted molar refractivity (Wildman–Crippen MR) is 63.1 cm³/mol. The lowest BCUT2D eigenvalue weighted by atomic mass is 10.2. The van der Waals surface area contributed by atoms with E-state index in [2.05, 4.69) is 5.32 Å². The molecule has 0 fully saturated rings. The first kappa shape index (κ1) is 15.5. The van der Waals surface area contributed by atoms with Gasteiger partial charge in [-0.2, -0.15) is 0 Å². The van der Waals surface area contributed by atoms with Crippen molar-refractivity contribution >= 4 is 5.91 Å².